The average molecular weight is 445 g/mol. The van der Waals surface area contributed by atoms with Crippen molar-refractivity contribution in [3.05, 3.63) is 95.6 Å². The predicted molar refractivity (Wildman–Crippen MR) is 115 cm³/mol. The van der Waals surface area contributed by atoms with Crippen molar-refractivity contribution in [3.8, 4) is 0 Å². The number of benzene rings is 3. The van der Waals surface area contributed by atoms with Gasteiger partial charge in [0.25, 0.3) is 10.0 Å². The van der Waals surface area contributed by atoms with Gasteiger partial charge < -0.3 is 5.32 Å². The smallest absolute Gasteiger partial charge is 0.264 e. The lowest BCUT2D eigenvalue weighted by molar-refractivity contribution is -0.120. The van der Waals surface area contributed by atoms with Gasteiger partial charge in [-0.05, 0) is 67.9 Å². The van der Waals surface area contributed by atoms with Crippen molar-refractivity contribution in [3.63, 3.8) is 0 Å². The molecule has 3 aromatic carbocycles. The summed E-state index contributed by atoms with van der Waals surface area (Å²) in [7, 11) is -4.20. The SMILES string of the molecule is Cc1ccc(C(C)NC(=O)CN(c2ccc(F)cc2)S(=O)(=O)c2ccc(F)cc2)cc1. The van der Waals surface area contributed by atoms with Crippen molar-refractivity contribution >= 4 is 21.6 Å². The third-order valence-corrected chi connectivity index (χ3v) is 6.55. The van der Waals surface area contributed by atoms with Crippen LogP contribution in [0.4, 0.5) is 14.5 Å². The summed E-state index contributed by atoms with van der Waals surface area (Å²) in [5.74, 6) is -1.67. The van der Waals surface area contributed by atoms with Gasteiger partial charge >= 0.3 is 0 Å². The number of carbonyl (C=O) groups excluding carboxylic acids is 1. The topological polar surface area (TPSA) is 66.5 Å². The van der Waals surface area contributed by atoms with E-state index in [1.807, 2.05) is 31.2 Å². The Labute approximate surface area is 180 Å². The number of aryl methyl sites for hydroxylation is 1. The predicted octanol–water partition coefficient (Wildman–Crippen LogP) is 4.35. The fraction of sp³-hybridized carbons (Fsp3) is 0.174. The molecular formula is C23H22F2N2O3S. The number of nitrogens with one attached hydrogen (secondary N) is 1. The molecule has 1 unspecified atom stereocenters. The van der Waals surface area contributed by atoms with Crippen molar-refractivity contribution in [2.24, 2.45) is 0 Å². The van der Waals surface area contributed by atoms with Crippen LogP contribution < -0.4 is 9.62 Å². The summed E-state index contributed by atoms with van der Waals surface area (Å²) in [6, 6.07) is 16.3. The Hall–Kier alpha value is -3.26. The Morgan fingerprint density at radius 3 is 1.97 bits per heavy atom. The van der Waals surface area contributed by atoms with E-state index in [0.717, 1.165) is 51.8 Å². The van der Waals surface area contributed by atoms with Crippen LogP contribution in [0.3, 0.4) is 0 Å². The molecule has 0 spiro atoms. The Morgan fingerprint density at radius 1 is 0.903 bits per heavy atom. The summed E-state index contributed by atoms with van der Waals surface area (Å²) in [4.78, 5) is 12.5. The van der Waals surface area contributed by atoms with Crippen LogP contribution in [0, 0.1) is 18.6 Å². The van der Waals surface area contributed by atoms with E-state index in [4.69, 9.17) is 0 Å². The molecule has 0 heterocycles. The molecule has 3 aromatic rings. The minimum absolute atomic E-state index is 0.115. The maximum absolute atomic E-state index is 13.4. The van der Waals surface area contributed by atoms with E-state index in [2.05, 4.69) is 5.32 Å². The van der Waals surface area contributed by atoms with E-state index < -0.39 is 34.1 Å². The van der Waals surface area contributed by atoms with E-state index in [0.29, 0.717) is 0 Å². The molecule has 0 saturated heterocycles. The lowest BCUT2D eigenvalue weighted by atomic mass is 10.1. The highest BCUT2D eigenvalue weighted by Gasteiger charge is 2.28. The molecule has 3 rings (SSSR count). The molecule has 0 aliphatic carbocycles. The molecule has 5 nitrogen and oxygen atoms in total. The Morgan fingerprint density at radius 2 is 1.42 bits per heavy atom. The molecule has 8 heteroatoms. The van der Waals surface area contributed by atoms with E-state index in [-0.39, 0.29) is 16.6 Å². The molecule has 0 saturated carbocycles. The number of rotatable bonds is 7. The number of hydrogen-bond donors (Lipinski definition) is 1. The molecular weight excluding hydrogens is 422 g/mol. The third-order valence-electron chi connectivity index (χ3n) is 4.76. The van der Waals surface area contributed by atoms with Crippen LogP contribution in [0.25, 0.3) is 0 Å². The lowest BCUT2D eigenvalue weighted by Crippen LogP contribution is -2.41. The summed E-state index contributed by atoms with van der Waals surface area (Å²) < 4.78 is 53.9. The molecule has 0 aliphatic rings. The van der Waals surface area contributed by atoms with Crippen LogP contribution in [0.1, 0.15) is 24.1 Å². The fourth-order valence-corrected chi connectivity index (χ4v) is 4.43. The first-order chi connectivity index (χ1) is 14.7. The van der Waals surface area contributed by atoms with Gasteiger partial charge in [0, 0.05) is 0 Å². The molecule has 0 aliphatic heterocycles. The molecule has 1 amide bonds. The van der Waals surface area contributed by atoms with Crippen LogP contribution >= 0.6 is 0 Å². The second-order valence-corrected chi connectivity index (χ2v) is 9.00. The molecule has 162 valence electrons. The summed E-state index contributed by atoms with van der Waals surface area (Å²) in [6.45, 7) is 3.22. The fourth-order valence-electron chi connectivity index (χ4n) is 3.01. The highest BCUT2D eigenvalue weighted by atomic mass is 32.2. The van der Waals surface area contributed by atoms with Gasteiger partial charge in [0.05, 0.1) is 16.6 Å². The largest absolute Gasteiger partial charge is 0.348 e. The number of hydrogen-bond acceptors (Lipinski definition) is 3. The Bertz CT molecular complexity index is 1150. The Balaban J connectivity index is 1.87. The standard InChI is InChI=1S/C23H22F2N2O3S/c1-16-3-5-18(6-4-16)17(2)26-23(28)15-27(21-11-7-19(24)8-12-21)31(29,30)22-13-9-20(25)10-14-22/h3-14,17H,15H2,1-2H3,(H,26,28). The second kappa shape index (κ2) is 9.26. The highest BCUT2D eigenvalue weighted by molar-refractivity contribution is 7.92. The van der Waals surface area contributed by atoms with Gasteiger partial charge in [0.1, 0.15) is 18.2 Å². The first kappa shape index (κ1) is 22.4. The Kier molecular flexibility index (Phi) is 6.70. The van der Waals surface area contributed by atoms with Crippen molar-refractivity contribution in [1.29, 1.82) is 0 Å². The van der Waals surface area contributed by atoms with Gasteiger partial charge in [-0.25, -0.2) is 17.2 Å². The van der Waals surface area contributed by atoms with Gasteiger partial charge in [-0.2, -0.15) is 0 Å². The molecule has 0 radical (unpaired) electrons. The van der Waals surface area contributed by atoms with Crippen molar-refractivity contribution in [1.82, 2.24) is 5.32 Å². The lowest BCUT2D eigenvalue weighted by Gasteiger charge is -2.25. The van der Waals surface area contributed by atoms with Crippen LogP contribution in [-0.4, -0.2) is 20.9 Å². The van der Waals surface area contributed by atoms with Gasteiger partial charge in [-0.1, -0.05) is 29.8 Å². The summed E-state index contributed by atoms with van der Waals surface area (Å²) in [6.07, 6.45) is 0. The molecule has 0 fully saturated rings. The zero-order valence-electron chi connectivity index (χ0n) is 17.0. The summed E-state index contributed by atoms with van der Waals surface area (Å²) in [5, 5.41) is 2.78. The second-order valence-electron chi connectivity index (χ2n) is 7.14. The van der Waals surface area contributed by atoms with E-state index in [1.54, 1.807) is 6.92 Å². The third kappa shape index (κ3) is 5.46. The van der Waals surface area contributed by atoms with Crippen LogP contribution in [-0.2, 0) is 14.8 Å². The summed E-state index contributed by atoms with van der Waals surface area (Å²) in [5.41, 5.74) is 2.06. The highest BCUT2D eigenvalue weighted by Crippen LogP contribution is 2.24. The molecule has 31 heavy (non-hydrogen) atoms. The summed E-state index contributed by atoms with van der Waals surface area (Å²) >= 11 is 0. The molecule has 1 N–H and O–H groups in total. The zero-order valence-corrected chi connectivity index (χ0v) is 17.9. The van der Waals surface area contributed by atoms with Crippen LogP contribution in [0.2, 0.25) is 0 Å². The van der Waals surface area contributed by atoms with E-state index >= 15 is 0 Å². The normalized spacial score (nSPS) is 12.3. The van der Waals surface area contributed by atoms with Crippen molar-refractivity contribution in [2.75, 3.05) is 10.8 Å². The monoisotopic (exact) mass is 444 g/mol. The van der Waals surface area contributed by atoms with E-state index in [1.165, 1.54) is 12.1 Å². The maximum atomic E-state index is 13.4. The van der Waals surface area contributed by atoms with Crippen LogP contribution in [0.5, 0.6) is 0 Å². The quantitative estimate of drug-likeness (QED) is 0.589. The van der Waals surface area contributed by atoms with Crippen LogP contribution in [0.15, 0.2) is 77.7 Å². The molecule has 1 atom stereocenters. The zero-order chi connectivity index (χ0) is 22.6. The number of amides is 1. The number of sulfonamides is 1. The van der Waals surface area contributed by atoms with Crippen molar-refractivity contribution < 1.29 is 22.0 Å². The number of halogens is 2. The first-order valence-electron chi connectivity index (χ1n) is 9.56. The maximum Gasteiger partial charge on any atom is 0.264 e. The first-order valence-corrected chi connectivity index (χ1v) is 11.0. The minimum atomic E-state index is -4.20. The average Bonchev–Trinajstić information content (AvgIpc) is 2.73. The minimum Gasteiger partial charge on any atom is -0.348 e. The van der Waals surface area contributed by atoms with Crippen molar-refractivity contribution in [2.45, 2.75) is 24.8 Å². The molecule has 0 bridgehead atoms. The number of carbonyl (C=O) groups is 1. The van der Waals surface area contributed by atoms with Gasteiger partial charge in [-0.15, -0.1) is 0 Å². The number of nitrogens with zero attached hydrogens (tertiary/aromatic N) is 1. The van der Waals surface area contributed by atoms with Gasteiger partial charge in [0.2, 0.25) is 5.91 Å². The van der Waals surface area contributed by atoms with E-state index in [9.17, 15) is 22.0 Å². The number of anilines is 1. The van der Waals surface area contributed by atoms with Gasteiger partial charge in [-0.3, -0.25) is 9.10 Å². The molecule has 0 aromatic heterocycles. The van der Waals surface area contributed by atoms with Gasteiger partial charge in [0.15, 0.2) is 0 Å².